The van der Waals surface area contributed by atoms with Crippen molar-refractivity contribution < 1.29 is 33.0 Å². The molecule has 9 heteroatoms. The van der Waals surface area contributed by atoms with Crippen LogP contribution in [0.3, 0.4) is 0 Å². The van der Waals surface area contributed by atoms with Gasteiger partial charge in [0.2, 0.25) is 5.91 Å². The van der Waals surface area contributed by atoms with Crippen molar-refractivity contribution in [2.45, 2.75) is 25.3 Å². The fraction of sp³-hybridized carbons (Fsp3) is 0.192. The first kappa shape index (κ1) is 23.9. The van der Waals surface area contributed by atoms with Crippen LogP contribution >= 0.6 is 0 Å². The van der Waals surface area contributed by atoms with Crippen molar-refractivity contribution in [3.05, 3.63) is 89.0 Å². The van der Waals surface area contributed by atoms with E-state index >= 15 is 0 Å². The van der Waals surface area contributed by atoms with E-state index in [1.165, 1.54) is 0 Å². The molecule has 1 aliphatic rings. The van der Waals surface area contributed by atoms with Gasteiger partial charge in [-0.25, -0.2) is 18.4 Å². The molecule has 0 radical (unpaired) electrons. The number of anilines is 1. The fourth-order valence-corrected chi connectivity index (χ4v) is 4.18. The quantitative estimate of drug-likeness (QED) is 0.445. The minimum Gasteiger partial charge on any atom is -0.478 e. The summed E-state index contributed by atoms with van der Waals surface area (Å²) < 4.78 is 32.5. The summed E-state index contributed by atoms with van der Waals surface area (Å²) in [5, 5.41) is 13.9. The Morgan fingerprint density at radius 1 is 0.971 bits per heavy atom. The highest BCUT2D eigenvalue weighted by atomic mass is 19.2. The van der Waals surface area contributed by atoms with Gasteiger partial charge in [0.05, 0.1) is 11.3 Å². The summed E-state index contributed by atoms with van der Waals surface area (Å²) in [6.45, 7) is 1.67. The second-order valence-corrected chi connectivity index (χ2v) is 8.04. The molecule has 3 aromatic carbocycles. The van der Waals surface area contributed by atoms with E-state index in [0.717, 1.165) is 22.3 Å². The summed E-state index contributed by atoms with van der Waals surface area (Å²) in [6.07, 6.45) is -0.695. The molecule has 0 aliphatic heterocycles. The predicted molar refractivity (Wildman–Crippen MR) is 124 cm³/mol. The normalized spacial score (nSPS) is 12.9. The van der Waals surface area contributed by atoms with E-state index in [9.17, 15) is 28.3 Å². The van der Waals surface area contributed by atoms with E-state index in [1.807, 2.05) is 48.5 Å². The molecule has 0 bridgehead atoms. The van der Waals surface area contributed by atoms with Gasteiger partial charge in [0.15, 0.2) is 11.6 Å². The van der Waals surface area contributed by atoms with Crippen LogP contribution in [0, 0.1) is 11.6 Å². The molecule has 2 amide bonds. The summed E-state index contributed by atoms with van der Waals surface area (Å²) in [4.78, 5) is 36.5. The molecule has 0 heterocycles. The Morgan fingerprint density at radius 2 is 1.54 bits per heavy atom. The van der Waals surface area contributed by atoms with Gasteiger partial charge in [-0.3, -0.25) is 4.79 Å². The maximum Gasteiger partial charge on any atom is 0.407 e. The summed E-state index contributed by atoms with van der Waals surface area (Å²) in [6, 6.07) is 15.7. The molecule has 0 spiro atoms. The third-order valence-corrected chi connectivity index (χ3v) is 5.91. The number of halogens is 2. The van der Waals surface area contributed by atoms with Crippen LogP contribution in [0.2, 0.25) is 0 Å². The van der Waals surface area contributed by atoms with Crippen molar-refractivity contribution in [2.24, 2.45) is 0 Å². The number of nitrogens with one attached hydrogen (secondary N) is 2. The minimum atomic E-state index is -1.54. The Hall–Kier alpha value is -4.27. The number of aromatic carboxylic acids is 1. The summed E-state index contributed by atoms with van der Waals surface area (Å²) >= 11 is 0. The van der Waals surface area contributed by atoms with E-state index in [-0.39, 0.29) is 18.9 Å². The average Bonchev–Trinajstić information content (AvgIpc) is 3.16. The Bertz CT molecular complexity index is 1270. The zero-order chi connectivity index (χ0) is 25.1. The van der Waals surface area contributed by atoms with Gasteiger partial charge < -0.3 is 20.5 Å². The number of rotatable bonds is 7. The van der Waals surface area contributed by atoms with Gasteiger partial charge in [-0.05, 0) is 34.7 Å². The number of fused-ring (bicyclic) bond motifs is 3. The zero-order valence-electron chi connectivity index (χ0n) is 18.7. The van der Waals surface area contributed by atoms with E-state index in [0.29, 0.717) is 12.1 Å². The summed E-state index contributed by atoms with van der Waals surface area (Å²) in [5.74, 6) is -5.18. The Kier molecular flexibility index (Phi) is 6.77. The topological polar surface area (TPSA) is 105 Å². The average molecular weight is 480 g/mol. The third-order valence-electron chi connectivity index (χ3n) is 5.91. The van der Waals surface area contributed by atoms with Crippen LogP contribution in [0.25, 0.3) is 11.1 Å². The van der Waals surface area contributed by atoms with Crippen molar-refractivity contribution in [2.75, 3.05) is 11.9 Å². The molecule has 0 saturated carbocycles. The first-order valence-electron chi connectivity index (χ1n) is 10.9. The molecule has 35 heavy (non-hydrogen) atoms. The van der Waals surface area contributed by atoms with Crippen LogP contribution < -0.4 is 10.6 Å². The molecule has 0 aromatic heterocycles. The smallest absolute Gasteiger partial charge is 0.407 e. The lowest BCUT2D eigenvalue weighted by atomic mass is 9.98. The number of alkyl carbamates (subject to hydrolysis) is 1. The lowest BCUT2D eigenvalue weighted by molar-refractivity contribution is -0.118. The molecule has 0 saturated heterocycles. The van der Waals surface area contributed by atoms with Gasteiger partial charge in [0.1, 0.15) is 12.6 Å². The van der Waals surface area contributed by atoms with Crippen molar-refractivity contribution in [1.29, 1.82) is 0 Å². The van der Waals surface area contributed by atoms with E-state index in [1.54, 1.807) is 6.92 Å². The molecule has 1 atom stereocenters. The molecule has 3 N–H and O–H groups in total. The Labute approximate surface area is 199 Å². The van der Waals surface area contributed by atoms with Gasteiger partial charge in [-0.15, -0.1) is 0 Å². The zero-order valence-corrected chi connectivity index (χ0v) is 18.7. The van der Waals surface area contributed by atoms with Crippen LogP contribution in [-0.4, -0.2) is 35.7 Å². The molecular weight excluding hydrogens is 458 g/mol. The maximum absolute atomic E-state index is 13.6. The van der Waals surface area contributed by atoms with Crippen molar-refractivity contribution in [1.82, 2.24) is 5.32 Å². The predicted octanol–water partition coefficient (Wildman–Crippen LogP) is 4.92. The van der Waals surface area contributed by atoms with Crippen LogP contribution in [0.15, 0.2) is 60.7 Å². The van der Waals surface area contributed by atoms with Crippen molar-refractivity contribution in [3.63, 3.8) is 0 Å². The van der Waals surface area contributed by atoms with Gasteiger partial charge in [-0.2, -0.15) is 0 Å². The Morgan fingerprint density at radius 3 is 2.11 bits per heavy atom. The monoisotopic (exact) mass is 480 g/mol. The second-order valence-electron chi connectivity index (χ2n) is 8.04. The van der Waals surface area contributed by atoms with Gasteiger partial charge in [-0.1, -0.05) is 55.5 Å². The first-order chi connectivity index (χ1) is 16.8. The molecule has 1 aliphatic carbocycles. The number of hydrogen-bond donors (Lipinski definition) is 3. The largest absolute Gasteiger partial charge is 0.478 e. The summed E-state index contributed by atoms with van der Waals surface area (Å²) in [7, 11) is 0. The van der Waals surface area contributed by atoms with E-state index < -0.39 is 46.9 Å². The number of ether oxygens (including phenoxy) is 1. The molecule has 7 nitrogen and oxygen atoms in total. The van der Waals surface area contributed by atoms with Gasteiger partial charge in [0.25, 0.3) is 0 Å². The number of carboxylic acid groups (broad SMARTS) is 1. The van der Waals surface area contributed by atoms with E-state index in [4.69, 9.17) is 4.74 Å². The van der Waals surface area contributed by atoms with Crippen molar-refractivity contribution >= 4 is 23.7 Å². The van der Waals surface area contributed by atoms with Crippen LogP contribution in [0.1, 0.15) is 40.7 Å². The molecule has 0 fully saturated rings. The first-order valence-corrected chi connectivity index (χ1v) is 10.9. The Balaban J connectivity index is 1.42. The number of carbonyl (C=O) groups is 3. The number of carbonyl (C=O) groups excluding carboxylic acids is 2. The maximum atomic E-state index is 13.6. The molecule has 4 rings (SSSR count). The highest BCUT2D eigenvalue weighted by Crippen LogP contribution is 2.44. The number of carboxylic acids is 1. The lowest BCUT2D eigenvalue weighted by Gasteiger charge is -2.19. The fourth-order valence-electron chi connectivity index (χ4n) is 4.18. The number of amides is 2. The SMILES string of the molecule is CC[C@@H](NC(=O)OCC1c2ccccc2-c2ccccc21)C(=O)Nc1cc(F)c(F)cc1C(=O)O. The lowest BCUT2D eigenvalue weighted by Crippen LogP contribution is -2.44. The number of hydrogen-bond acceptors (Lipinski definition) is 4. The van der Waals surface area contributed by atoms with Crippen LogP contribution in [0.4, 0.5) is 19.3 Å². The third kappa shape index (κ3) is 4.84. The molecule has 180 valence electrons. The van der Waals surface area contributed by atoms with Crippen LogP contribution in [-0.2, 0) is 9.53 Å². The molecule has 3 aromatic rings. The van der Waals surface area contributed by atoms with Gasteiger partial charge >= 0.3 is 12.1 Å². The van der Waals surface area contributed by atoms with Gasteiger partial charge in [0, 0.05) is 12.0 Å². The molecule has 0 unspecified atom stereocenters. The van der Waals surface area contributed by atoms with Crippen LogP contribution in [0.5, 0.6) is 0 Å². The van der Waals surface area contributed by atoms with E-state index in [2.05, 4.69) is 10.6 Å². The highest BCUT2D eigenvalue weighted by molar-refractivity contribution is 6.02. The van der Waals surface area contributed by atoms with Crippen molar-refractivity contribution in [3.8, 4) is 11.1 Å². The minimum absolute atomic E-state index is 0.0459. The summed E-state index contributed by atoms with van der Waals surface area (Å²) in [5.41, 5.74) is 3.17. The molecular formula is C26H22F2N2O5. The second kappa shape index (κ2) is 9.92. The highest BCUT2D eigenvalue weighted by Gasteiger charge is 2.30. The standard InChI is InChI=1S/C26H22F2N2O5/c1-2-22(24(31)29-23-12-21(28)20(27)11-18(23)25(32)33)30-26(34)35-13-19-16-9-5-3-7-14(16)15-8-4-6-10-17(15)19/h3-12,19,22H,2,13H2,1H3,(H,29,31)(H,30,34)(H,32,33)/t22-/m1/s1. The number of benzene rings is 3.